The summed E-state index contributed by atoms with van der Waals surface area (Å²) >= 11 is 0. The van der Waals surface area contributed by atoms with Crippen molar-refractivity contribution < 1.29 is 27.8 Å². The molecule has 0 amide bonds. The maximum absolute atomic E-state index is 16.9. The molecule has 4 aliphatic rings. The van der Waals surface area contributed by atoms with Crippen molar-refractivity contribution in [2.45, 2.75) is 62.2 Å². The summed E-state index contributed by atoms with van der Waals surface area (Å²) in [6.07, 6.45) is 10.5. The molecule has 5 heterocycles. The smallest absolute Gasteiger partial charge is 0.319 e. The van der Waals surface area contributed by atoms with Crippen LogP contribution in [0.5, 0.6) is 17.6 Å². The van der Waals surface area contributed by atoms with E-state index in [9.17, 15) is 13.9 Å². The van der Waals surface area contributed by atoms with Crippen LogP contribution in [-0.2, 0) is 0 Å². The highest BCUT2D eigenvalue weighted by Crippen LogP contribution is 2.48. The summed E-state index contributed by atoms with van der Waals surface area (Å²) in [4.78, 5) is 18.2. The minimum Gasteiger partial charge on any atom is -0.508 e. The second-order valence-corrected chi connectivity index (χ2v) is 12.9. The Morgan fingerprint density at radius 2 is 1.96 bits per heavy atom. The number of terminal acetylenes is 1. The van der Waals surface area contributed by atoms with E-state index in [2.05, 4.69) is 25.7 Å². The number of phenolic OH excluding ortho intramolecular Hbond substituents is 1. The summed E-state index contributed by atoms with van der Waals surface area (Å²) in [5.41, 5.74) is -0.907. The third kappa shape index (κ3) is 4.22. The zero-order valence-corrected chi connectivity index (χ0v) is 24.9. The summed E-state index contributed by atoms with van der Waals surface area (Å²) in [5.74, 6) is 1.30. The first-order valence-electron chi connectivity index (χ1n) is 15.4. The Bertz CT molecular complexity index is 1930. The number of phenols is 1. The first-order valence-corrected chi connectivity index (χ1v) is 15.4. The van der Waals surface area contributed by atoms with Gasteiger partial charge < -0.3 is 19.5 Å². The summed E-state index contributed by atoms with van der Waals surface area (Å²) < 4.78 is 58.8. The van der Waals surface area contributed by atoms with Crippen molar-refractivity contribution in [2.75, 3.05) is 38.3 Å². The lowest BCUT2D eigenvalue weighted by atomic mass is 9.73. The highest BCUT2D eigenvalue weighted by Gasteiger charge is 2.50. The van der Waals surface area contributed by atoms with Crippen molar-refractivity contribution in [3.63, 3.8) is 0 Å². The maximum atomic E-state index is 16.9. The molecule has 3 aliphatic heterocycles. The highest BCUT2D eigenvalue weighted by atomic mass is 19.1. The molecule has 1 spiro atoms. The van der Waals surface area contributed by atoms with Crippen molar-refractivity contribution in [1.29, 1.82) is 0 Å². The Morgan fingerprint density at radius 1 is 1.11 bits per heavy atom. The first-order chi connectivity index (χ1) is 21.7. The third-order valence-corrected chi connectivity index (χ3v) is 10.5. The molecule has 2 saturated heterocycles. The number of aromatic nitrogens is 3. The molecule has 1 N–H and O–H groups in total. The second-order valence-electron chi connectivity index (χ2n) is 12.9. The van der Waals surface area contributed by atoms with Crippen LogP contribution in [0.4, 0.5) is 19.0 Å². The van der Waals surface area contributed by atoms with Gasteiger partial charge in [-0.15, -0.1) is 6.42 Å². The van der Waals surface area contributed by atoms with Crippen LogP contribution in [0.3, 0.4) is 0 Å². The Labute approximate surface area is 258 Å². The van der Waals surface area contributed by atoms with E-state index in [1.807, 2.05) is 7.05 Å². The Kier molecular flexibility index (Phi) is 6.33. The molecular weight excluding hydrogens is 583 g/mol. The molecule has 8 rings (SSSR count). The van der Waals surface area contributed by atoms with Crippen LogP contribution < -0.4 is 14.4 Å². The van der Waals surface area contributed by atoms with Crippen molar-refractivity contribution in [3.05, 3.63) is 41.5 Å². The molecule has 0 bridgehead atoms. The lowest BCUT2D eigenvalue weighted by Gasteiger charge is -2.50. The lowest BCUT2D eigenvalue weighted by molar-refractivity contribution is 0.107. The van der Waals surface area contributed by atoms with E-state index in [-0.39, 0.29) is 57.5 Å². The first kappa shape index (κ1) is 28.2. The van der Waals surface area contributed by atoms with E-state index in [0.29, 0.717) is 42.6 Å². The van der Waals surface area contributed by atoms with Gasteiger partial charge >= 0.3 is 6.01 Å². The highest BCUT2D eigenvalue weighted by molar-refractivity contribution is 6.04. The average molecular weight is 616 g/mol. The molecule has 8 nitrogen and oxygen atoms in total. The van der Waals surface area contributed by atoms with Gasteiger partial charge in [0.25, 0.3) is 0 Å². The molecule has 1 saturated carbocycles. The summed E-state index contributed by atoms with van der Waals surface area (Å²) in [6, 6.07) is 5.40. The number of alkyl halides is 1. The van der Waals surface area contributed by atoms with Crippen molar-refractivity contribution >= 4 is 27.5 Å². The Hall–Kier alpha value is -4.30. The second kappa shape index (κ2) is 10.1. The van der Waals surface area contributed by atoms with Crippen LogP contribution in [0.2, 0.25) is 0 Å². The number of ether oxygens (including phenoxy) is 2. The van der Waals surface area contributed by atoms with Gasteiger partial charge in [0, 0.05) is 42.9 Å². The molecular formula is C34H32F3N5O3. The van der Waals surface area contributed by atoms with Gasteiger partial charge in [-0.3, -0.25) is 4.90 Å². The van der Waals surface area contributed by atoms with Crippen molar-refractivity contribution in [2.24, 2.45) is 0 Å². The molecule has 0 radical (unpaired) electrons. The standard InChI is InChI=1S/C34H32F3N5O3/c1-3-22-24(36)7-6-19-14-21(43)15-23(25(19)22)28-27(37)29-26-30(41(2)33(8-4-9-33)11-13-44-31(26)38-28)40-32(39-29)45-18-34-10-5-12-42(34)17-20(35)16-34/h1,6-7,14-15,20,43H,4-5,8-13,16-18H2,2H3/t20-,34+/m1/s1. The Morgan fingerprint density at radius 3 is 2.73 bits per heavy atom. The molecule has 4 aromatic rings. The fraction of sp³-hybridized carbons (Fsp3) is 0.441. The fourth-order valence-corrected chi connectivity index (χ4v) is 7.99. The number of anilines is 1. The monoisotopic (exact) mass is 615 g/mol. The predicted octanol–water partition coefficient (Wildman–Crippen LogP) is 5.91. The van der Waals surface area contributed by atoms with Crippen LogP contribution in [0.1, 0.15) is 50.5 Å². The molecule has 2 aromatic carbocycles. The topological polar surface area (TPSA) is 83.8 Å². The van der Waals surface area contributed by atoms with Crippen LogP contribution in [0.15, 0.2) is 24.3 Å². The normalized spacial score (nSPS) is 23.8. The van der Waals surface area contributed by atoms with Gasteiger partial charge in [-0.05, 0) is 62.2 Å². The predicted molar refractivity (Wildman–Crippen MR) is 163 cm³/mol. The van der Waals surface area contributed by atoms with Crippen LogP contribution in [0.25, 0.3) is 32.9 Å². The molecule has 2 aromatic heterocycles. The number of benzene rings is 2. The zero-order valence-electron chi connectivity index (χ0n) is 24.9. The van der Waals surface area contributed by atoms with Gasteiger partial charge in [0.1, 0.15) is 46.8 Å². The number of aromatic hydroxyl groups is 1. The van der Waals surface area contributed by atoms with Gasteiger partial charge in [0.15, 0.2) is 5.82 Å². The fourth-order valence-electron chi connectivity index (χ4n) is 7.99. The van der Waals surface area contributed by atoms with Gasteiger partial charge in [-0.2, -0.15) is 9.97 Å². The third-order valence-electron chi connectivity index (χ3n) is 10.5. The molecule has 1 aliphatic carbocycles. The minimum absolute atomic E-state index is 0.0268. The summed E-state index contributed by atoms with van der Waals surface area (Å²) in [6.45, 7) is 1.70. The van der Waals surface area contributed by atoms with Gasteiger partial charge in [-0.25, -0.2) is 18.2 Å². The quantitative estimate of drug-likeness (QED) is 0.284. The number of pyridine rings is 1. The average Bonchev–Trinajstić information content (AvgIpc) is 3.52. The van der Waals surface area contributed by atoms with Crippen LogP contribution in [-0.4, -0.2) is 75.6 Å². The van der Waals surface area contributed by atoms with E-state index in [1.54, 1.807) is 0 Å². The SMILES string of the molecule is C#Cc1c(F)ccc2cc(O)cc(-c3nc4c5c(nc(OC[C@@]67CCCN6C[C@H](F)C7)nc5c3F)N(C)C3(CCC3)CCO4)c12. The van der Waals surface area contributed by atoms with E-state index in [4.69, 9.17) is 20.9 Å². The number of fused-ring (bicyclic) bond motifs is 2. The lowest BCUT2D eigenvalue weighted by Crippen LogP contribution is -2.54. The van der Waals surface area contributed by atoms with Crippen molar-refractivity contribution in [3.8, 4) is 41.2 Å². The molecule has 11 heteroatoms. The number of halogens is 3. The van der Waals surface area contributed by atoms with Crippen molar-refractivity contribution in [1.82, 2.24) is 19.9 Å². The number of rotatable bonds is 4. The van der Waals surface area contributed by atoms with Crippen LogP contribution in [0, 0.1) is 24.0 Å². The maximum Gasteiger partial charge on any atom is 0.319 e. The molecule has 45 heavy (non-hydrogen) atoms. The number of nitrogens with zero attached hydrogens (tertiary/aromatic N) is 5. The van der Waals surface area contributed by atoms with Gasteiger partial charge in [0.2, 0.25) is 5.88 Å². The van der Waals surface area contributed by atoms with E-state index in [1.165, 1.54) is 24.3 Å². The van der Waals surface area contributed by atoms with E-state index in [0.717, 1.165) is 38.6 Å². The van der Waals surface area contributed by atoms with E-state index < -0.39 is 23.3 Å². The number of hydrogen-bond donors (Lipinski definition) is 1. The Balaban J connectivity index is 1.34. The summed E-state index contributed by atoms with van der Waals surface area (Å²) in [7, 11) is 1.94. The summed E-state index contributed by atoms with van der Waals surface area (Å²) in [5, 5.41) is 11.6. The molecule has 0 unspecified atom stereocenters. The number of hydrogen-bond acceptors (Lipinski definition) is 8. The van der Waals surface area contributed by atoms with Crippen LogP contribution >= 0.6 is 0 Å². The largest absolute Gasteiger partial charge is 0.508 e. The minimum atomic E-state index is -0.926. The van der Waals surface area contributed by atoms with E-state index >= 15 is 4.39 Å². The van der Waals surface area contributed by atoms with Gasteiger partial charge in [-0.1, -0.05) is 12.0 Å². The molecule has 232 valence electrons. The zero-order chi connectivity index (χ0) is 31.1. The molecule has 2 atom stereocenters. The molecule has 3 fully saturated rings. The van der Waals surface area contributed by atoms with Gasteiger partial charge in [0.05, 0.1) is 17.7 Å².